The van der Waals surface area contributed by atoms with E-state index in [0.29, 0.717) is 25.5 Å². The van der Waals surface area contributed by atoms with Gasteiger partial charge >= 0.3 is 0 Å². The lowest BCUT2D eigenvalue weighted by atomic mass is 10.1. The van der Waals surface area contributed by atoms with Gasteiger partial charge in [-0.1, -0.05) is 24.3 Å². The summed E-state index contributed by atoms with van der Waals surface area (Å²) in [6.45, 7) is 5.27. The quantitative estimate of drug-likeness (QED) is 0.883. The fraction of sp³-hybridized carbons (Fsp3) is 0.389. The number of nitrogens with zero attached hydrogens (tertiary/aromatic N) is 3. The van der Waals surface area contributed by atoms with Crippen molar-refractivity contribution in [3.63, 3.8) is 0 Å². The Kier molecular flexibility index (Phi) is 5.36. The highest BCUT2D eigenvalue weighted by Crippen LogP contribution is 2.18. The molecule has 0 spiro atoms. The van der Waals surface area contributed by atoms with Crippen molar-refractivity contribution in [2.45, 2.75) is 18.4 Å². The highest BCUT2D eigenvalue weighted by Gasteiger charge is 2.27. The van der Waals surface area contributed by atoms with Crippen LogP contribution in [-0.2, 0) is 16.6 Å². The van der Waals surface area contributed by atoms with Gasteiger partial charge in [-0.3, -0.25) is 0 Å². The molecule has 0 aliphatic carbocycles. The molecule has 1 aliphatic rings. The minimum absolute atomic E-state index is 0.249. The van der Waals surface area contributed by atoms with Gasteiger partial charge in [-0.15, -0.1) is 0 Å². The molecule has 1 N–H and O–H groups in total. The predicted molar refractivity (Wildman–Crippen MR) is 99.0 cm³/mol. The summed E-state index contributed by atoms with van der Waals surface area (Å²) in [5, 5.41) is 3.24. The number of hydrogen-bond donors (Lipinski definition) is 1. The van der Waals surface area contributed by atoms with Crippen molar-refractivity contribution in [2.24, 2.45) is 0 Å². The molecule has 25 heavy (non-hydrogen) atoms. The van der Waals surface area contributed by atoms with E-state index in [1.54, 1.807) is 12.1 Å². The number of nitrogens with one attached hydrogen (secondary N) is 1. The minimum atomic E-state index is -3.46. The van der Waals surface area contributed by atoms with Crippen LogP contribution in [0, 0.1) is 6.92 Å². The molecule has 0 radical (unpaired) electrons. The van der Waals surface area contributed by atoms with Crippen molar-refractivity contribution in [3.8, 4) is 0 Å². The van der Waals surface area contributed by atoms with E-state index in [1.165, 1.54) is 21.6 Å². The first-order chi connectivity index (χ1) is 12.0. The number of pyridine rings is 1. The van der Waals surface area contributed by atoms with Crippen LogP contribution in [0.1, 0.15) is 11.1 Å². The van der Waals surface area contributed by atoms with Crippen LogP contribution >= 0.6 is 0 Å². The first-order valence-corrected chi connectivity index (χ1v) is 9.84. The molecule has 1 aromatic carbocycles. The summed E-state index contributed by atoms with van der Waals surface area (Å²) in [6.07, 6.45) is 1.44. The third-order valence-electron chi connectivity index (χ3n) is 4.56. The fourth-order valence-electron chi connectivity index (χ4n) is 2.81. The van der Waals surface area contributed by atoms with Crippen LogP contribution in [0.15, 0.2) is 47.5 Å². The van der Waals surface area contributed by atoms with E-state index in [2.05, 4.69) is 34.3 Å². The molecule has 2 heterocycles. The van der Waals surface area contributed by atoms with E-state index in [4.69, 9.17) is 0 Å². The van der Waals surface area contributed by atoms with Gasteiger partial charge in [0.15, 0.2) is 0 Å². The number of aromatic nitrogens is 1. The summed E-state index contributed by atoms with van der Waals surface area (Å²) < 4.78 is 26.9. The second-order valence-corrected chi connectivity index (χ2v) is 8.30. The molecule has 1 fully saturated rings. The van der Waals surface area contributed by atoms with E-state index >= 15 is 0 Å². The maximum atomic E-state index is 12.7. The van der Waals surface area contributed by atoms with Gasteiger partial charge in [-0.2, -0.15) is 4.31 Å². The van der Waals surface area contributed by atoms with Crippen molar-refractivity contribution < 1.29 is 8.42 Å². The van der Waals surface area contributed by atoms with E-state index in [1.807, 2.05) is 19.2 Å². The Morgan fingerprint density at radius 2 is 1.80 bits per heavy atom. The summed E-state index contributed by atoms with van der Waals surface area (Å²) in [4.78, 5) is 6.65. The molecule has 0 amide bonds. The summed E-state index contributed by atoms with van der Waals surface area (Å²) >= 11 is 0. The molecular formula is C18H24N4O2S. The Labute approximate surface area is 149 Å². The molecule has 0 bridgehead atoms. The zero-order valence-electron chi connectivity index (χ0n) is 14.6. The van der Waals surface area contributed by atoms with Crippen LogP contribution < -0.4 is 5.32 Å². The lowest BCUT2D eigenvalue weighted by Gasteiger charge is -2.31. The van der Waals surface area contributed by atoms with Crippen LogP contribution in [0.2, 0.25) is 0 Å². The molecule has 0 saturated carbocycles. The number of piperazine rings is 1. The first kappa shape index (κ1) is 17.8. The van der Waals surface area contributed by atoms with Crippen LogP contribution in [0.5, 0.6) is 0 Å². The fourth-order valence-corrected chi connectivity index (χ4v) is 4.18. The monoisotopic (exact) mass is 360 g/mol. The zero-order chi connectivity index (χ0) is 17.9. The highest BCUT2D eigenvalue weighted by molar-refractivity contribution is 7.89. The van der Waals surface area contributed by atoms with Crippen LogP contribution in [0.3, 0.4) is 0 Å². The van der Waals surface area contributed by atoms with Gasteiger partial charge in [-0.05, 0) is 37.2 Å². The second-order valence-electron chi connectivity index (χ2n) is 6.37. The van der Waals surface area contributed by atoms with Gasteiger partial charge in [0.2, 0.25) is 10.0 Å². The molecule has 1 aromatic heterocycles. The van der Waals surface area contributed by atoms with Gasteiger partial charge in [0.1, 0.15) is 10.7 Å². The number of rotatable bonds is 5. The lowest BCUT2D eigenvalue weighted by Crippen LogP contribution is -2.47. The Morgan fingerprint density at radius 1 is 1.08 bits per heavy atom. The van der Waals surface area contributed by atoms with Gasteiger partial charge < -0.3 is 10.2 Å². The average Bonchev–Trinajstić information content (AvgIpc) is 2.62. The topological polar surface area (TPSA) is 65.5 Å². The SMILES string of the molecule is Cc1ccccc1CNc1ccc(S(=O)(=O)N2CCN(C)CC2)cn1. The molecular weight excluding hydrogens is 336 g/mol. The molecule has 0 atom stereocenters. The average molecular weight is 360 g/mol. The van der Waals surface area contributed by atoms with E-state index < -0.39 is 10.0 Å². The zero-order valence-corrected chi connectivity index (χ0v) is 15.5. The number of anilines is 1. The second kappa shape index (κ2) is 7.51. The van der Waals surface area contributed by atoms with Gasteiger partial charge in [-0.25, -0.2) is 13.4 Å². The van der Waals surface area contributed by atoms with Gasteiger partial charge in [0.05, 0.1) is 0 Å². The normalized spacial score (nSPS) is 16.7. The van der Waals surface area contributed by atoms with Crippen molar-refractivity contribution in [3.05, 3.63) is 53.7 Å². The summed E-state index contributed by atoms with van der Waals surface area (Å²) in [5.74, 6) is 0.667. The van der Waals surface area contributed by atoms with E-state index in [9.17, 15) is 8.42 Å². The Morgan fingerprint density at radius 3 is 2.44 bits per heavy atom. The Bertz CT molecular complexity index is 813. The van der Waals surface area contributed by atoms with Crippen molar-refractivity contribution in [1.82, 2.24) is 14.2 Å². The van der Waals surface area contributed by atoms with Crippen molar-refractivity contribution in [2.75, 3.05) is 38.5 Å². The summed E-state index contributed by atoms with van der Waals surface area (Å²) in [5.41, 5.74) is 2.41. The third-order valence-corrected chi connectivity index (χ3v) is 6.44. The van der Waals surface area contributed by atoms with Crippen LogP contribution in [-0.4, -0.2) is 55.8 Å². The highest BCUT2D eigenvalue weighted by atomic mass is 32.2. The predicted octanol–water partition coefficient (Wildman–Crippen LogP) is 1.94. The summed E-state index contributed by atoms with van der Waals surface area (Å²) in [6, 6.07) is 11.5. The molecule has 3 rings (SSSR count). The van der Waals surface area contributed by atoms with Gasteiger partial charge in [0.25, 0.3) is 0 Å². The Balaban J connectivity index is 1.66. The standard InChI is InChI=1S/C18H24N4O2S/c1-15-5-3-4-6-16(15)13-19-18-8-7-17(14-20-18)25(23,24)22-11-9-21(2)10-12-22/h3-8,14H,9-13H2,1-2H3,(H,19,20). The molecule has 134 valence electrons. The van der Waals surface area contributed by atoms with Crippen LogP contribution in [0.25, 0.3) is 0 Å². The van der Waals surface area contributed by atoms with E-state index in [0.717, 1.165) is 13.1 Å². The third kappa shape index (κ3) is 4.18. The van der Waals surface area contributed by atoms with E-state index in [-0.39, 0.29) is 4.90 Å². The molecule has 7 heteroatoms. The minimum Gasteiger partial charge on any atom is -0.366 e. The van der Waals surface area contributed by atoms with Gasteiger partial charge in [0, 0.05) is 38.9 Å². The smallest absolute Gasteiger partial charge is 0.244 e. The maximum absolute atomic E-state index is 12.7. The van der Waals surface area contributed by atoms with Crippen molar-refractivity contribution >= 4 is 15.8 Å². The first-order valence-electron chi connectivity index (χ1n) is 8.40. The number of hydrogen-bond acceptors (Lipinski definition) is 5. The van der Waals surface area contributed by atoms with Crippen LogP contribution in [0.4, 0.5) is 5.82 Å². The molecule has 1 aliphatic heterocycles. The lowest BCUT2D eigenvalue weighted by molar-refractivity contribution is 0.222. The molecule has 6 nitrogen and oxygen atoms in total. The number of sulfonamides is 1. The Hall–Kier alpha value is -1.96. The maximum Gasteiger partial charge on any atom is 0.244 e. The molecule has 0 unspecified atom stereocenters. The number of benzene rings is 1. The number of likely N-dealkylation sites (N-methyl/N-ethyl adjacent to an activating group) is 1. The summed E-state index contributed by atoms with van der Waals surface area (Å²) in [7, 11) is -1.46. The number of aryl methyl sites for hydroxylation is 1. The van der Waals surface area contributed by atoms with Crippen molar-refractivity contribution in [1.29, 1.82) is 0 Å². The molecule has 2 aromatic rings. The molecule has 1 saturated heterocycles. The largest absolute Gasteiger partial charge is 0.366 e.